The summed E-state index contributed by atoms with van der Waals surface area (Å²) in [6.45, 7) is 4.17. The van der Waals surface area contributed by atoms with Crippen molar-refractivity contribution < 1.29 is 9.59 Å². The fourth-order valence-corrected chi connectivity index (χ4v) is 2.01. The molecule has 0 unspecified atom stereocenters. The van der Waals surface area contributed by atoms with Gasteiger partial charge >= 0.3 is 0 Å². The van der Waals surface area contributed by atoms with Crippen molar-refractivity contribution in [3.8, 4) is 5.69 Å². The maximum Gasteiger partial charge on any atom is 0.291 e. The van der Waals surface area contributed by atoms with E-state index in [1.54, 1.807) is 35.9 Å². The standard InChI is InChI=1S/C15H18ClN5O2/c1-3-8-17-13(22)9-18-15(23)14-19-10(2)21(20-14)12-6-4-11(16)5-7-12/h4-7H,3,8-9H2,1-2H3,(H,17,22)(H,18,23). The van der Waals surface area contributed by atoms with E-state index in [1.807, 2.05) is 6.92 Å². The number of aromatic nitrogens is 3. The minimum atomic E-state index is -0.493. The van der Waals surface area contributed by atoms with E-state index >= 15 is 0 Å². The summed E-state index contributed by atoms with van der Waals surface area (Å²) >= 11 is 5.85. The number of benzene rings is 1. The molecule has 8 heteroatoms. The van der Waals surface area contributed by atoms with E-state index in [0.29, 0.717) is 17.4 Å². The topological polar surface area (TPSA) is 88.9 Å². The Labute approximate surface area is 139 Å². The summed E-state index contributed by atoms with van der Waals surface area (Å²) in [6, 6.07) is 7.03. The Morgan fingerprint density at radius 3 is 2.57 bits per heavy atom. The minimum absolute atomic E-state index is 0.0146. The Hall–Kier alpha value is -2.41. The summed E-state index contributed by atoms with van der Waals surface area (Å²) in [5, 5.41) is 9.95. The molecule has 2 amide bonds. The molecule has 7 nitrogen and oxygen atoms in total. The smallest absolute Gasteiger partial charge is 0.291 e. The lowest BCUT2D eigenvalue weighted by Gasteiger charge is -2.04. The highest BCUT2D eigenvalue weighted by Crippen LogP contribution is 2.14. The van der Waals surface area contributed by atoms with Crippen molar-refractivity contribution in [2.45, 2.75) is 20.3 Å². The van der Waals surface area contributed by atoms with Gasteiger partial charge in [-0.3, -0.25) is 9.59 Å². The third-order valence-corrected chi connectivity index (χ3v) is 3.28. The van der Waals surface area contributed by atoms with Crippen LogP contribution in [0.1, 0.15) is 29.8 Å². The molecule has 0 aliphatic heterocycles. The number of nitrogens with zero attached hydrogens (tertiary/aromatic N) is 3. The summed E-state index contributed by atoms with van der Waals surface area (Å²) in [4.78, 5) is 27.6. The van der Waals surface area contributed by atoms with Crippen LogP contribution in [0.3, 0.4) is 0 Å². The molecule has 2 aromatic rings. The number of amides is 2. The van der Waals surface area contributed by atoms with Gasteiger partial charge in [0, 0.05) is 11.6 Å². The number of hydrogen-bond donors (Lipinski definition) is 2. The van der Waals surface area contributed by atoms with Crippen LogP contribution in [0.25, 0.3) is 5.69 Å². The number of halogens is 1. The molecule has 0 radical (unpaired) electrons. The maximum atomic E-state index is 12.0. The van der Waals surface area contributed by atoms with Gasteiger partial charge in [0.1, 0.15) is 5.82 Å². The number of nitrogens with one attached hydrogen (secondary N) is 2. The Bertz CT molecular complexity index is 696. The summed E-state index contributed by atoms with van der Waals surface area (Å²) in [7, 11) is 0. The van der Waals surface area contributed by atoms with Crippen molar-refractivity contribution in [3.63, 3.8) is 0 Å². The molecule has 0 aliphatic rings. The molecular weight excluding hydrogens is 318 g/mol. The van der Waals surface area contributed by atoms with E-state index in [1.165, 1.54) is 0 Å². The molecule has 2 rings (SSSR count). The molecule has 0 saturated heterocycles. The first kappa shape index (κ1) is 17.0. The Morgan fingerprint density at radius 2 is 1.91 bits per heavy atom. The molecule has 23 heavy (non-hydrogen) atoms. The van der Waals surface area contributed by atoms with Crippen LogP contribution in [-0.4, -0.2) is 39.7 Å². The first-order chi connectivity index (χ1) is 11.0. The van der Waals surface area contributed by atoms with Gasteiger partial charge in [0.2, 0.25) is 11.7 Å². The lowest BCUT2D eigenvalue weighted by molar-refractivity contribution is -0.120. The molecule has 0 aliphatic carbocycles. The summed E-state index contributed by atoms with van der Waals surface area (Å²) < 4.78 is 1.54. The van der Waals surface area contributed by atoms with Crippen molar-refractivity contribution in [3.05, 3.63) is 40.9 Å². The second-order valence-corrected chi connectivity index (χ2v) is 5.34. The number of hydrogen-bond acceptors (Lipinski definition) is 4. The highest BCUT2D eigenvalue weighted by Gasteiger charge is 2.15. The van der Waals surface area contributed by atoms with Crippen LogP contribution in [0.2, 0.25) is 5.02 Å². The van der Waals surface area contributed by atoms with E-state index in [4.69, 9.17) is 11.6 Å². The van der Waals surface area contributed by atoms with Crippen molar-refractivity contribution in [2.75, 3.05) is 13.1 Å². The molecule has 1 aromatic carbocycles. The maximum absolute atomic E-state index is 12.0. The van der Waals surface area contributed by atoms with Crippen molar-refractivity contribution in [1.82, 2.24) is 25.4 Å². The van der Waals surface area contributed by atoms with Gasteiger partial charge in [0.25, 0.3) is 5.91 Å². The van der Waals surface area contributed by atoms with Crippen molar-refractivity contribution >= 4 is 23.4 Å². The fraction of sp³-hybridized carbons (Fsp3) is 0.333. The van der Waals surface area contributed by atoms with E-state index < -0.39 is 5.91 Å². The quantitative estimate of drug-likeness (QED) is 0.837. The van der Waals surface area contributed by atoms with Gasteiger partial charge in [-0.2, -0.15) is 0 Å². The lowest BCUT2D eigenvalue weighted by Crippen LogP contribution is -2.37. The third-order valence-electron chi connectivity index (χ3n) is 3.02. The van der Waals surface area contributed by atoms with Crippen molar-refractivity contribution in [1.29, 1.82) is 0 Å². The van der Waals surface area contributed by atoms with Crippen molar-refractivity contribution in [2.24, 2.45) is 0 Å². The van der Waals surface area contributed by atoms with Gasteiger partial charge in [-0.15, -0.1) is 5.10 Å². The highest BCUT2D eigenvalue weighted by atomic mass is 35.5. The third kappa shape index (κ3) is 4.53. The summed E-state index contributed by atoms with van der Waals surface area (Å²) in [5.74, 6) is -0.157. The first-order valence-corrected chi connectivity index (χ1v) is 7.63. The van der Waals surface area contributed by atoms with Gasteiger partial charge < -0.3 is 10.6 Å². The Morgan fingerprint density at radius 1 is 1.22 bits per heavy atom. The lowest BCUT2D eigenvalue weighted by atomic mass is 10.3. The SMILES string of the molecule is CCCNC(=O)CNC(=O)c1nc(C)n(-c2ccc(Cl)cc2)n1. The molecule has 2 N–H and O–H groups in total. The molecule has 1 aromatic heterocycles. The second kappa shape index (κ2) is 7.73. The second-order valence-electron chi connectivity index (χ2n) is 4.90. The normalized spacial score (nSPS) is 10.4. The molecular formula is C15H18ClN5O2. The number of aryl methyl sites for hydroxylation is 1. The van der Waals surface area contributed by atoms with E-state index in [9.17, 15) is 9.59 Å². The Kier molecular flexibility index (Phi) is 5.70. The zero-order chi connectivity index (χ0) is 16.8. The van der Waals surface area contributed by atoms with Crippen LogP contribution in [0.5, 0.6) is 0 Å². The summed E-state index contributed by atoms with van der Waals surface area (Å²) in [5.41, 5.74) is 0.749. The zero-order valence-electron chi connectivity index (χ0n) is 13.0. The largest absolute Gasteiger partial charge is 0.355 e. The molecule has 1 heterocycles. The summed E-state index contributed by atoms with van der Waals surface area (Å²) in [6.07, 6.45) is 0.839. The minimum Gasteiger partial charge on any atom is -0.355 e. The van der Waals surface area contributed by atoms with E-state index in [2.05, 4.69) is 20.7 Å². The first-order valence-electron chi connectivity index (χ1n) is 7.25. The van der Waals surface area contributed by atoms with Crippen LogP contribution < -0.4 is 10.6 Å². The molecule has 0 bridgehead atoms. The van der Waals surface area contributed by atoms with Crippen LogP contribution in [0.4, 0.5) is 0 Å². The average molecular weight is 336 g/mol. The van der Waals surface area contributed by atoms with Crippen LogP contribution >= 0.6 is 11.6 Å². The van der Waals surface area contributed by atoms with Gasteiger partial charge in [-0.1, -0.05) is 18.5 Å². The molecule has 0 fully saturated rings. The van der Waals surface area contributed by atoms with E-state index in [0.717, 1.165) is 12.1 Å². The van der Waals surface area contributed by atoms with Gasteiger partial charge in [0.15, 0.2) is 0 Å². The van der Waals surface area contributed by atoms with Crippen LogP contribution in [-0.2, 0) is 4.79 Å². The van der Waals surface area contributed by atoms with Gasteiger partial charge in [-0.05, 0) is 37.6 Å². The number of rotatable bonds is 6. The highest BCUT2D eigenvalue weighted by molar-refractivity contribution is 6.30. The predicted octanol–water partition coefficient (Wildman–Crippen LogP) is 1.49. The molecule has 0 atom stereocenters. The van der Waals surface area contributed by atoms with Crippen LogP contribution in [0.15, 0.2) is 24.3 Å². The number of carbonyl (C=O) groups excluding carboxylic acids is 2. The van der Waals surface area contributed by atoms with Gasteiger partial charge in [0.05, 0.1) is 12.2 Å². The molecule has 0 saturated carbocycles. The number of carbonyl (C=O) groups is 2. The fourth-order valence-electron chi connectivity index (χ4n) is 1.88. The average Bonchev–Trinajstić information content (AvgIpc) is 2.93. The van der Waals surface area contributed by atoms with Gasteiger partial charge in [-0.25, -0.2) is 9.67 Å². The predicted molar refractivity (Wildman–Crippen MR) is 86.7 cm³/mol. The molecule has 122 valence electrons. The Balaban J connectivity index is 2.04. The monoisotopic (exact) mass is 335 g/mol. The van der Waals surface area contributed by atoms with E-state index in [-0.39, 0.29) is 18.3 Å². The van der Waals surface area contributed by atoms with Crippen LogP contribution in [0, 0.1) is 6.92 Å². The molecule has 0 spiro atoms. The zero-order valence-corrected chi connectivity index (χ0v) is 13.7.